The standard InChI is InChI=1S/C27H31N5O3S/c1-4-12-35-21-14-18(17-7-10-32(3)11-8-17)5-6-20(21)30-27-29-15-22-24(31-27)23(25(36-22)26(28)33)19-9-13-34-16(19)2/h5-6,9,13-15,17H,4,7-8,10-12H2,1-3H3,(H2,28,33)(H,29,30,31). The molecule has 8 nitrogen and oxygen atoms in total. The fourth-order valence-electron chi connectivity index (χ4n) is 4.71. The number of fused-ring (bicyclic) bond motifs is 1. The second kappa shape index (κ2) is 10.3. The van der Waals surface area contributed by atoms with Crippen molar-refractivity contribution in [1.29, 1.82) is 0 Å². The van der Waals surface area contributed by atoms with Crippen molar-refractivity contribution in [3.63, 3.8) is 0 Å². The van der Waals surface area contributed by atoms with Gasteiger partial charge >= 0.3 is 0 Å². The minimum Gasteiger partial charge on any atom is -0.491 e. The molecule has 36 heavy (non-hydrogen) atoms. The quantitative estimate of drug-likeness (QED) is 0.316. The van der Waals surface area contributed by atoms with Crippen LogP contribution in [0.5, 0.6) is 5.75 Å². The van der Waals surface area contributed by atoms with Crippen molar-refractivity contribution in [1.82, 2.24) is 14.9 Å². The third-order valence-electron chi connectivity index (χ3n) is 6.69. The Balaban J connectivity index is 1.50. The molecule has 9 heteroatoms. The predicted molar refractivity (Wildman–Crippen MR) is 143 cm³/mol. The van der Waals surface area contributed by atoms with Crippen molar-refractivity contribution >= 4 is 39.1 Å². The zero-order chi connectivity index (χ0) is 25.2. The summed E-state index contributed by atoms with van der Waals surface area (Å²) in [4.78, 5) is 24.3. The van der Waals surface area contributed by atoms with Crippen LogP contribution in [0.25, 0.3) is 21.3 Å². The number of aryl methyl sites for hydroxylation is 1. The first-order valence-corrected chi connectivity index (χ1v) is 13.1. The number of carbonyl (C=O) groups is 1. The first kappa shape index (κ1) is 24.3. The van der Waals surface area contributed by atoms with Crippen LogP contribution in [0.3, 0.4) is 0 Å². The van der Waals surface area contributed by atoms with Gasteiger partial charge in [0.1, 0.15) is 16.4 Å². The van der Waals surface area contributed by atoms with E-state index >= 15 is 0 Å². The summed E-state index contributed by atoms with van der Waals surface area (Å²) in [5.74, 6) is 1.96. The maximum absolute atomic E-state index is 12.2. The number of hydrogen-bond donors (Lipinski definition) is 2. The highest BCUT2D eigenvalue weighted by atomic mass is 32.1. The molecule has 1 fully saturated rings. The molecular weight excluding hydrogens is 474 g/mol. The number of anilines is 2. The summed E-state index contributed by atoms with van der Waals surface area (Å²) >= 11 is 1.29. The van der Waals surface area contributed by atoms with Gasteiger partial charge in [0.15, 0.2) is 0 Å². The van der Waals surface area contributed by atoms with Gasteiger partial charge in [0, 0.05) is 11.1 Å². The van der Waals surface area contributed by atoms with Gasteiger partial charge in [-0.1, -0.05) is 13.0 Å². The number of nitrogens with one attached hydrogen (secondary N) is 1. The maximum atomic E-state index is 12.2. The molecule has 1 aliphatic heterocycles. The third-order valence-corrected chi connectivity index (χ3v) is 7.81. The number of hydrogen-bond acceptors (Lipinski definition) is 8. The largest absolute Gasteiger partial charge is 0.491 e. The Morgan fingerprint density at radius 1 is 1.31 bits per heavy atom. The summed E-state index contributed by atoms with van der Waals surface area (Å²) in [6.45, 7) is 6.79. The van der Waals surface area contributed by atoms with Gasteiger partial charge in [-0.15, -0.1) is 11.3 Å². The number of thiophene rings is 1. The number of benzene rings is 1. The normalized spacial score (nSPS) is 14.9. The molecule has 0 radical (unpaired) electrons. The fraction of sp³-hybridized carbons (Fsp3) is 0.370. The minimum atomic E-state index is -0.497. The van der Waals surface area contributed by atoms with Crippen molar-refractivity contribution in [3.05, 3.63) is 52.9 Å². The van der Waals surface area contributed by atoms with Gasteiger partial charge < -0.3 is 25.1 Å². The molecule has 0 saturated carbocycles. The zero-order valence-electron chi connectivity index (χ0n) is 20.8. The Hall–Kier alpha value is -3.43. The first-order chi connectivity index (χ1) is 17.4. The van der Waals surface area contributed by atoms with Gasteiger partial charge in [-0.05, 0) is 76.0 Å². The highest BCUT2D eigenvalue weighted by Gasteiger charge is 2.23. The van der Waals surface area contributed by atoms with Crippen LogP contribution in [0, 0.1) is 6.92 Å². The van der Waals surface area contributed by atoms with Crippen molar-refractivity contribution in [2.75, 3.05) is 32.1 Å². The Morgan fingerprint density at radius 3 is 2.81 bits per heavy atom. The molecule has 3 N–H and O–H groups in total. The van der Waals surface area contributed by atoms with E-state index in [1.807, 2.05) is 13.0 Å². The van der Waals surface area contributed by atoms with E-state index in [2.05, 4.69) is 47.4 Å². The second-order valence-corrected chi connectivity index (χ2v) is 10.3. The van der Waals surface area contributed by atoms with Crippen molar-refractivity contribution < 1.29 is 13.9 Å². The average molecular weight is 506 g/mol. The summed E-state index contributed by atoms with van der Waals surface area (Å²) in [6, 6.07) is 8.21. The van der Waals surface area contributed by atoms with Crippen LogP contribution >= 0.6 is 11.3 Å². The molecule has 0 unspecified atom stereocenters. The fourth-order valence-corrected chi connectivity index (χ4v) is 5.69. The number of ether oxygens (including phenoxy) is 1. The van der Waals surface area contributed by atoms with Crippen LogP contribution in [0.15, 0.2) is 41.1 Å². The van der Waals surface area contributed by atoms with Gasteiger partial charge in [-0.25, -0.2) is 9.97 Å². The molecule has 1 saturated heterocycles. The summed E-state index contributed by atoms with van der Waals surface area (Å²) in [7, 11) is 2.18. The second-order valence-electron chi connectivity index (χ2n) is 9.27. The number of primary amides is 1. The van der Waals surface area contributed by atoms with E-state index in [4.69, 9.17) is 19.9 Å². The lowest BCUT2D eigenvalue weighted by Crippen LogP contribution is -2.29. The van der Waals surface area contributed by atoms with Gasteiger partial charge in [-0.2, -0.15) is 0 Å². The Kier molecular flexibility index (Phi) is 6.93. The number of likely N-dealkylation sites (tertiary alicyclic amines) is 1. The van der Waals surface area contributed by atoms with Crippen LogP contribution in [-0.4, -0.2) is 47.5 Å². The van der Waals surface area contributed by atoms with Gasteiger partial charge in [0.2, 0.25) is 5.95 Å². The molecule has 0 aliphatic carbocycles. The van der Waals surface area contributed by atoms with E-state index in [9.17, 15) is 4.79 Å². The number of piperidine rings is 1. The predicted octanol–water partition coefficient (Wildman–Crippen LogP) is 5.70. The monoisotopic (exact) mass is 505 g/mol. The van der Waals surface area contributed by atoms with E-state index < -0.39 is 5.91 Å². The molecule has 188 valence electrons. The van der Waals surface area contributed by atoms with Crippen LogP contribution in [-0.2, 0) is 0 Å². The highest BCUT2D eigenvalue weighted by molar-refractivity contribution is 7.21. The maximum Gasteiger partial charge on any atom is 0.259 e. The van der Waals surface area contributed by atoms with Crippen LogP contribution in [0.1, 0.15) is 53.1 Å². The number of rotatable bonds is 8. The molecule has 0 spiro atoms. The highest BCUT2D eigenvalue weighted by Crippen LogP contribution is 2.40. The van der Waals surface area contributed by atoms with Crippen LogP contribution < -0.4 is 15.8 Å². The number of amides is 1. The Bertz CT molecular complexity index is 1390. The van der Waals surface area contributed by atoms with E-state index in [-0.39, 0.29) is 0 Å². The van der Waals surface area contributed by atoms with Gasteiger partial charge in [0.05, 0.1) is 35.0 Å². The van der Waals surface area contributed by atoms with Crippen molar-refractivity contribution in [3.8, 4) is 16.9 Å². The topological polar surface area (TPSA) is 107 Å². The summed E-state index contributed by atoms with van der Waals surface area (Å²) in [6.07, 6.45) is 6.53. The lowest BCUT2D eigenvalue weighted by atomic mass is 9.89. The van der Waals surface area contributed by atoms with Crippen molar-refractivity contribution in [2.45, 2.75) is 39.0 Å². The van der Waals surface area contributed by atoms with E-state index in [0.717, 1.165) is 54.1 Å². The molecule has 0 bridgehead atoms. The zero-order valence-corrected chi connectivity index (χ0v) is 21.7. The van der Waals surface area contributed by atoms with Crippen LogP contribution in [0.4, 0.5) is 11.6 Å². The summed E-state index contributed by atoms with van der Waals surface area (Å²) in [5.41, 5.74) is 9.96. The van der Waals surface area contributed by atoms with E-state index in [1.54, 1.807) is 12.5 Å². The lowest BCUT2D eigenvalue weighted by Gasteiger charge is -2.29. The van der Waals surface area contributed by atoms with Gasteiger partial charge in [-0.3, -0.25) is 4.79 Å². The minimum absolute atomic E-state index is 0.423. The number of carbonyl (C=O) groups excluding carboxylic acids is 1. The van der Waals surface area contributed by atoms with Crippen molar-refractivity contribution in [2.24, 2.45) is 5.73 Å². The molecule has 1 amide bonds. The molecule has 4 aromatic rings. The molecule has 4 heterocycles. The third kappa shape index (κ3) is 4.81. The van der Waals surface area contributed by atoms with E-state index in [0.29, 0.717) is 40.2 Å². The Morgan fingerprint density at radius 2 is 2.11 bits per heavy atom. The Labute approximate surface area is 214 Å². The number of nitrogens with two attached hydrogens (primary N) is 1. The number of aromatic nitrogens is 2. The number of furan rings is 1. The summed E-state index contributed by atoms with van der Waals surface area (Å²) < 4.78 is 12.4. The molecule has 1 aromatic carbocycles. The molecule has 0 atom stereocenters. The number of nitrogens with zero attached hydrogens (tertiary/aromatic N) is 3. The van der Waals surface area contributed by atoms with E-state index in [1.165, 1.54) is 16.9 Å². The molecular formula is C27H31N5O3S. The molecule has 3 aromatic heterocycles. The molecule has 1 aliphatic rings. The first-order valence-electron chi connectivity index (χ1n) is 12.3. The van der Waals surface area contributed by atoms with Gasteiger partial charge in [0.25, 0.3) is 5.91 Å². The van der Waals surface area contributed by atoms with Crippen LogP contribution in [0.2, 0.25) is 0 Å². The summed E-state index contributed by atoms with van der Waals surface area (Å²) in [5, 5.41) is 3.35. The SMILES string of the molecule is CCCOc1cc(C2CCN(C)CC2)ccc1Nc1ncc2sc(C(N)=O)c(-c3ccoc3C)c2n1. The lowest BCUT2D eigenvalue weighted by molar-refractivity contribution is 0.100. The average Bonchev–Trinajstić information content (AvgIpc) is 3.46. The molecule has 5 rings (SSSR count). The smallest absolute Gasteiger partial charge is 0.259 e.